The molecule has 1 aromatic rings. The first kappa shape index (κ1) is 13.5. The predicted molar refractivity (Wildman–Crippen MR) is 73.9 cm³/mol. The fourth-order valence-electron chi connectivity index (χ4n) is 2.33. The third-order valence-electron chi connectivity index (χ3n) is 3.44. The summed E-state index contributed by atoms with van der Waals surface area (Å²) in [5.74, 6) is 0.0817. The molecular weight excluding hydrogens is 240 g/mol. The molecule has 1 atom stereocenters. The van der Waals surface area contributed by atoms with Crippen LogP contribution in [-0.4, -0.2) is 50.6 Å². The minimum Gasteiger partial charge on any atom is -0.318 e. The summed E-state index contributed by atoms with van der Waals surface area (Å²) in [5.41, 5.74) is 1.38. The molecule has 0 bridgehead atoms. The quantitative estimate of drug-likeness (QED) is 0.854. The number of piperazine rings is 1. The molecule has 0 saturated carbocycles. The second kappa shape index (κ2) is 5.83. The van der Waals surface area contributed by atoms with E-state index in [2.05, 4.69) is 16.3 Å². The molecule has 0 radical (unpaired) electrons. The molecule has 5 nitrogen and oxygen atoms in total. The molecular formula is C14H18N4O. The topological polar surface area (TPSA) is 59.4 Å². The van der Waals surface area contributed by atoms with Gasteiger partial charge in [0.15, 0.2) is 0 Å². The van der Waals surface area contributed by atoms with E-state index in [1.54, 1.807) is 17.0 Å². The number of likely N-dealkylation sites (N-methyl/N-ethyl adjacent to an activating group) is 2. The van der Waals surface area contributed by atoms with Crippen molar-refractivity contribution in [2.24, 2.45) is 0 Å². The molecule has 1 aromatic carbocycles. The summed E-state index contributed by atoms with van der Waals surface area (Å²) in [4.78, 5) is 16.3. The number of hydrogen-bond acceptors (Lipinski definition) is 4. The minimum absolute atomic E-state index is 0.0817. The first-order valence-corrected chi connectivity index (χ1v) is 6.33. The zero-order valence-corrected chi connectivity index (χ0v) is 11.3. The van der Waals surface area contributed by atoms with Gasteiger partial charge in [0.1, 0.15) is 6.04 Å². The Morgan fingerprint density at radius 3 is 2.95 bits per heavy atom. The van der Waals surface area contributed by atoms with Crippen LogP contribution >= 0.6 is 0 Å². The van der Waals surface area contributed by atoms with Gasteiger partial charge in [0.05, 0.1) is 11.6 Å². The molecule has 1 unspecified atom stereocenters. The molecule has 0 spiro atoms. The Labute approximate surface area is 113 Å². The van der Waals surface area contributed by atoms with Crippen LogP contribution in [0.3, 0.4) is 0 Å². The minimum atomic E-state index is -0.149. The van der Waals surface area contributed by atoms with E-state index in [4.69, 9.17) is 5.26 Å². The summed E-state index contributed by atoms with van der Waals surface area (Å²) in [6, 6.07) is 9.15. The number of carbonyl (C=O) groups is 1. The third-order valence-corrected chi connectivity index (χ3v) is 3.44. The SMILES string of the molecule is CNCC1C(=O)N(c2cccc(C#N)c2)CCN1C. The van der Waals surface area contributed by atoms with E-state index in [0.29, 0.717) is 18.7 Å². The molecule has 19 heavy (non-hydrogen) atoms. The largest absolute Gasteiger partial charge is 0.318 e. The molecule has 1 aliphatic rings. The van der Waals surface area contributed by atoms with Crippen LogP contribution in [0.25, 0.3) is 0 Å². The van der Waals surface area contributed by atoms with Gasteiger partial charge in [0.2, 0.25) is 5.91 Å². The number of nitrogens with one attached hydrogen (secondary N) is 1. The molecule has 100 valence electrons. The van der Waals surface area contributed by atoms with Crippen molar-refractivity contribution in [3.05, 3.63) is 29.8 Å². The molecule has 5 heteroatoms. The fourth-order valence-corrected chi connectivity index (χ4v) is 2.33. The van der Waals surface area contributed by atoms with Gasteiger partial charge in [0, 0.05) is 25.3 Å². The van der Waals surface area contributed by atoms with Crippen LogP contribution in [0.1, 0.15) is 5.56 Å². The smallest absolute Gasteiger partial charge is 0.245 e. The molecule has 2 rings (SSSR count). The Morgan fingerprint density at radius 1 is 1.47 bits per heavy atom. The lowest BCUT2D eigenvalue weighted by molar-refractivity contribution is -0.125. The first-order valence-electron chi connectivity index (χ1n) is 6.33. The second-order valence-corrected chi connectivity index (χ2v) is 4.71. The maximum atomic E-state index is 12.5. The Morgan fingerprint density at radius 2 is 2.26 bits per heavy atom. The fraction of sp³-hybridized carbons (Fsp3) is 0.429. The Kier molecular flexibility index (Phi) is 4.15. The normalized spacial score (nSPS) is 20.4. The highest BCUT2D eigenvalue weighted by Gasteiger charge is 2.32. The maximum absolute atomic E-state index is 12.5. The zero-order valence-electron chi connectivity index (χ0n) is 11.3. The summed E-state index contributed by atoms with van der Waals surface area (Å²) in [7, 11) is 3.80. The van der Waals surface area contributed by atoms with Crippen molar-refractivity contribution in [1.82, 2.24) is 10.2 Å². The van der Waals surface area contributed by atoms with Crippen molar-refractivity contribution >= 4 is 11.6 Å². The number of hydrogen-bond donors (Lipinski definition) is 1. The average Bonchev–Trinajstić information content (AvgIpc) is 2.43. The van der Waals surface area contributed by atoms with Gasteiger partial charge >= 0.3 is 0 Å². The van der Waals surface area contributed by atoms with Gasteiger partial charge in [-0.2, -0.15) is 5.26 Å². The average molecular weight is 258 g/mol. The monoisotopic (exact) mass is 258 g/mol. The van der Waals surface area contributed by atoms with E-state index in [1.807, 2.05) is 26.2 Å². The summed E-state index contributed by atoms with van der Waals surface area (Å²) in [6.45, 7) is 2.11. The van der Waals surface area contributed by atoms with E-state index in [-0.39, 0.29) is 11.9 Å². The van der Waals surface area contributed by atoms with Crippen LogP contribution < -0.4 is 10.2 Å². The van der Waals surface area contributed by atoms with E-state index >= 15 is 0 Å². The lowest BCUT2D eigenvalue weighted by Crippen LogP contribution is -2.58. The number of rotatable bonds is 3. The van der Waals surface area contributed by atoms with Crippen LogP contribution in [-0.2, 0) is 4.79 Å². The maximum Gasteiger partial charge on any atom is 0.245 e. The van der Waals surface area contributed by atoms with Gasteiger partial charge in [-0.25, -0.2) is 0 Å². The van der Waals surface area contributed by atoms with Crippen molar-refractivity contribution in [2.45, 2.75) is 6.04 Å². The highest BCUT2D eigenvalue weighted by molar-refractivity contribution is 5.98. The molecule has 1 fully saturated rings. The number of anilines is 1. The highest BCUT2D eigenvalue weighted by atomic mass is 16.2. The van der Waals surface area contributed by atoms with Gasteiger partial charge in [-0.15, -0.1) is 0 Å². The Balaban J connectivity index is 2.25. The Hall–Kier alpha value is -1.90. The molecule has 1 saturated heterocycles. The predicted octanol–water partition coefficient (Wildman–Crippen LogP) is 0.425. The molecule has 1 heterocycles. The number of nitriles is 1. The van der Waals surface area contributed by atoms with Crippen LogP contribution in [0.15, 0.2) is 24.3 Å². The third kappa shape index (κ3) is 2.75. The first-order chi connectivity index (χ1) is 9.17. The van der Waals surface area contributed by atoms with E-state index in [1.165, 1.54) is 0 Å². The van der Waals surface area contributed by atoms with Gasteiger partial charge in [0.25, 0.3) is 0 Å². The van der Waals surface area contributed by atoms with Gasteiger partial charge in [-0.05, 0) is 32.3 Å². The number of amides is 1. The summed E-state index contributed by atoms with van der Waals surface area (Å²) in [6.07, 6.45) is 0. The molecule has 1 aliphatic heterocycles. The van der Waals surface area contributed by atoms with Crippen molar-refractivity contribution in [3.63, 3.8) is 0 Å². The van der Waals surface area contributed by atoms with Crippen LogP contribution in [0.4, 0.5) is 5.69 Å². The highest BCUT2D eigenvalue weighted by Crippen LogP contribution is 2.20. The van der Waals surface area contributed by atoms with E-state index in [0.717, 1.165) is 12.2 Å². The van der Waals surface area contributed by atoms with Gasteiger partial charge in [-0.3, -0.25) is 9.69 Å². The lowest BCUT2D eigenvalue weighted by Gasteiger charge is -2.38. The van der Waals surface area contributed by atoms with Crippen LogP contribution in [0.2, 0.25) is 0 Å². The summed E-state index contributed by atoms with van der Waals surface area (Å²) >= 11 is 0. The van der Waals surface area contributed by atoms with Crippen LogP contribution in [0, 0.1) is 11.3 Å². The Bertz CT molecular complexity index is 508. The standard InChI is InChI=1S/C14H18N4O/c1-16-10-13-14(19)18(7-6-17(13)2)12-5-3-4-11(8-12)9-15/h3-5,8,13,16H,6-7,10H2,1-2H3. The van der Waals surface area contributed by atoms with Gasteiger partial charge in [-0.1, -0.05) is 6.07 Å². The second-order valence-electron chi connectivity index (χ2n) is 4.71. The lowest BCUT2D eigenvalue weighted by atomic mass is 10.1. The van der Waals surface area contributed by atoms with Crippen molar-refractivity contribution in [1.29, 1.82) is 5.26 Å². The summed E-state index contributed by atoms with van der Waals surface area (Å²) in [5, 5.41) is 12.0. The van der Waals surface area contributed by atoms with E-state index < -0.39 is 0 Å². The van der Waals surface area contributed by atoms with E-state index in [9.17, 15) is 4.79 Å². The summed E-state index contributed by atoms with van der Waals surface area (Å²) < 4.78 is 0. The molecule has 1 amide bonds. The zero-order chi connectivity index (χ0) is 13.8. The number of carbonyl (C=O) groups excluding carboxylic acids is 1. The number of benzene rings is 1. The number of nitrogens with zero attached hydrogens (tertiary/aromatic N) is 3. The van der Waals surface area contributed by atoms with Crippen molar-refractivity contribution in [3.8, 4) is 6.07 Å². The van der Waals surface area contributed by atoms with Gasteiger partial charge < -0.3 is 10.2 Å². The molecule has 1 N–H and O–H groups in total. The van der Waals surface area contributed by atoms with Crippen molar-refractivity contribution in [2.75, 3.05) is 38.6 Å². The molecule has 0 aromatic heterocycles. The van der Waals surface area contributed by atoms with Crippen molar-refractivity contribution < 1.29 is 4.79 Å². The molecule has 0 aliphatic carbocycles. The van der Waals surface area contributed by atoms with Crippen LogP contribution in [0.5, 0.6) is 0 Å².